The molecule has 0 aliphatic heterocycles. The highest BCUT2D eigenvalue weighted by atomic mass is 16.5. The second kappa shape index (κ2) is 5.83. The number of hydrogen-bond acceptors (Lipinski definition) is 5. The summed E-state index contributed by atoms with van der Waals surface area (Å²) in [7, 11) is 1.76. The van der Waals surface area contributed by atoms with Gasteiger partial charge in [-0.3, -0.25) is 0 Å². The van der Waals surface area contributed by atoms with Crippen LogP contribution in [-0.2, 0) is 6.42 Å². The number of aryl methyl sites for hydroxylation is 1. The van der Waals surface area contributed by atoms with Gasteiger partial charge in [0.2, 0.25) is 11.8 Å². The van der Waals surface area contributed by atoms with Crippen LogP contribution in [0.4, 0.5) is 5.95 Å². The molecule has 0 aliphatic rings. The Labute approximate surface area is 111 Å². The molecule has 0 saturated heterocycles. The van der Waals surface area contributed by atoms with Crippen LogP contribution in [0.5, 0.6) is 11.6 Å². The van der Waals surface area contributed by atoms with E-state index in [0.717, 1.165) is 11.3 Å². The highest BCUT2D eigenvalue weighted by molar-refractivity contribution is 5.34. The van der Waals surface area contributed by atoms with E-state index in [4.69, 9.17) is 10.00 Å². The van der Waals surface area contributed by atoms with Crippen molar-refractivity contribution in [1.82, 2.24) is 9.97 Å². The molecule has 5 nitrogen and oxygen atoms in total. The molecular weight excluding hydrogens is 240 g/mol. The van der Waals surface area contributed by atoms with Gasteiger partial charge in [0.15, 0.2) is 0 Å². The summed E-state index contributed by atoms with van der Waals surface area (Å²) in [6, 6.07) is 11.3. The Morgan fingerprint density at radius 1 is 1.26 bits per heavy atom. The smallest absolute Gasteiger partial charge is 0.225 e. The maximum atomic E-state index is 8.61. The predicted octanol–water partition coefficient (Wildman–Crippen LogP) is 2.69. The zero-order chi connectivity index (χ0) is 13.7. The summed E-state index contributed by atoms with van der Waals surface area (Å²) >= 11 is 0. The molecule has 2 aromatic rings. The van der Waals surface area contributed by atoms with E-state index in [-0.39, 0.29) is 0 Å². The quantitative estimate of drug-likeness (QED) is 0.908. The summed E-state index contributed by atoms with van der Waals surface area (Å²) in [4.78, 5) is 8.40. The van der Waals surface area contributed by atoms with Crippen molar-refractivity contribution in [1.29, 1.82) is 5.26 Å². The van der Waals surface area contributed by atoms with Crippen molar-refractivity contribution in [2.45, 2.75) is 13.3 Å². The molecule has 5 heteroatoms. The average Bonchev–Trinajstić information content (AvgIpc) is 2.40. The highest BCUT2D eigenvalue weighted by Crippen LogP contribution is 2.21. The summed E-state index contributed by atoms with van der Waals surface area (Å²) in [5, 5.41) is 11.5. The number of nitrogens with one attached hydrogen (secondary N) is 1. The van der Waals surface area contributed by atoms with E-state index >= 15 is 0 Å². The first kappa shape index (κ1) is 12.8. The Kier molecular flexibility index (Phi) is 3.94. The zero-order valence-corrected chi connectivity index (χ0v) is 10.8. The highest BCUT2D eigenvalue weighted by Gasteiger charge is 2.03. The van der Waals surface area contributed by atoms with Crippen LogP contribution in [0.3, 0.4) is 0 Å². The first-order valence-electron chi connectivity index (χ1n) is 5.88. The second-order valence-corrected chi connectivity index (χ2v) is 4.00. The second-order valence-electron chi connectivity index (χ2n) is 4.00. The Morgan fingerprint density at radius 3 is 2.63 bits per heavy atom. The molecule has 0 aliphatic carbocycles. The van der Waals surface area contributed by atoms with Crippen molar-refractivity contribution in [3.63, 3.8) is 0 Å². The van der Waals surface area contributed by atoms with Gasteiger partial charge in [-0.05, 0) is 24.6 Å². The number of anilines is 1. The molecule has 0 fully saturated rings. The van der Waals surface area contributed by atoms with E-state index in [1.165, 1.54) is 0 Å². The van der Waals surface area contributed by atoms with E-state index in [2.05, 4.69) is 21.4 Å². The SMILES string of the molecule is CNc1nc(C)cc(Oc2ccc(CC#N)cc2)n1. The third-order valence-corrected chi connectivity index (χ3v) is 2.48. The van der Waals surface area contributed by atoms with E-state index in [0.29, 0.717) is 24.0 Å². The van der Waals surface area contributed by atoms with E-state index < -0.39 is 0 Å². The summed E-state index contributed by atoms with van der Waals surface area (Å²) in [5.74, 6) is 1.70. The van der Waals surface area contributed by atoms with Crippen molar-refractivity contribution in [2.75, 3.05) is 12.4 Å². The molecule has 0 radical (unpaired) electrons. The summed E-state index contributed by atoms with van der Waals surface area (Å²) in [6.45, 7) is 1.88. The largest absolute Gasteiger partial charge is 0.439 e. The minimum absolute atomic E-state index is 0.400. The molecule has 1 aromatic heterocycles. The lowest BCUT2D eigenvalue weighted by molar-refractivity contribution is 0.461. The number of hydrogen-bond donors (Lipinski definition) is 1. The molecule has 1 aromatic carbocycles. The lowest BCUT2D eigenvalue weighted by atomic mass is 10.2. The van der Waals surface area contributed by atoms with Crippen molar-refractivity contribution < 1.29 is 4.74 Å². The Balaban J connectivity index is 2.16. The monoisotopic (exact) mass is 254 g/mol. The average molecular weight is 254 g/mol. The third-order valence-electron chi connectivity index (χ3n) is 2.48. The predicted molar refractivity (Wildman–Crippen MR) is 72.1 cm³/mol. The lowest BCUT2D eigenvalue weighted by Gasteiger charge is -2.07. The number of nitrogens with zero attached hydrogens (tertiary/aromatic N) is 3. The van der Waals surface area contributed by atoms with Crippen LogP contribution in [0, 0.1) is 18.3 Å². The van der Waals surface area contributed by atoms with E-state index in [9.17, 15) is 0 Å². The van der Waals surface area contributed by atoms with Crippen LogP contribution < -0.4 is 10.1 Å². The molecule has 0 amide bonds. The molecular formula is C14H14N4O. The van der Waals surface area contributed by atoms with Crippen molar-refractivity contribution in [3.8, 4) is 17.7 Å². The van der Waals surface area contributed by atoms with Crippen molar-refractivity contribution >= 4 is 5.95 Å². The van der Waals surface area contributed by atoms with Gasteiger partial charge in [-0.1, -0.05) is 12.1 Å². The van der Waals surface area contributed by atoms with Crippen LogP contribution in [-0.4, -0.2) is 17.0 Å². The van der Waals surface area contributed by atoms with Gasteiger partial charge >= 0.3 is 0 Å². The molecule has 0 bridgehead atoms. The fourth-order valence-electron chi connectivity index (χ4n) is 1.59. The maximum absolute atomic E-state index is 8.61. The molecule has 0 unspecified atom stereocenters. The first-order chi connectivity index (χ1) is 9.21. The fraction of sp³-hybridized carbons (Fsp3) is 0.214. The Hall–Kier alpha value is -2.61. The number of nitriles is 1. The van der Waals surface area contributed by atoms with Crippen molar-refractivity contribution in [2.24, 2.45) is 0 Å². The third kappa shape index (κ3) is 3.42. The molecule has 1 N–H and O–H groups in total. The minimum atomic E-state index is 0.400. The topological polar surface area (TPSA) is 70.8 Å². The molecule has 0 spiro atoms. The van der Waals surface area contributed by atoms with Gasteiger partial charge in [-0.15, -0.1) is 0 Å². The normalized spacial score (nSPS) is 9.74. The molecule has 19 heavy (non-hydrogen) atoms. The minimum Gasteiger partial charge on any atom is -0.439 e. The molecule has 1 heterocycles. The van der Waals surface area contributed by atoms with Gasteiger partial charge < -0.3 is 10.1 Å². The van der Waals surface area contributed by atoms with E-state index in [1.807, 2.05) is 31.2 Å². The fourth-order valence-corrected chi connectivity index (χ4v) is 1.59. The molecule has 96 valence electrons. The Bertz CT molecular complexity index is 602. The van der Waals surface area contributed by atoms with Crippen LogP contribution in [0.2, 0.25) is 0 Å². The van der Waals surface area contributed by atoms with Gasteiger partial charge in [-0.25, -0.2) is 4.98 Å². The van der Waals surface area contributed by atoms with Gasteiger partial charge in [0.25, 0.3) is 0 Å². The molecule has 2 rings (SSSR count). The lowest BCUT2D eigenvalue weighted by Crippen LogP contribution is -1.99. The summed E-state index contributed by atoms with van der Waals surface area (Å²) in [6.07, 6.45) is 0.400. The number of aromatic nitrogens is 2. The van der Waals surface area contributed by atoms with Crippen LogP contribution in [0.1, 0.15) is 11.3 Å². The van der Waals surface area contributed by atoms with Crippen LogP contribution in [0.15, 0.2) is 30.3 Å². The summed E-state index contributed by atoms with van der Waals surface area (Å²) < 4.78 is 5.66. The zero-order valence-electron chi connectivity index (χ0n) is 10.8. The number of benzene rings is 1. The Morgan fingerprint density at radius 2 is 2.00 bits per heavy atom. The summed E-state index contributed by atoms with van der Waals surface area (Å²) in [5.41, 5.74) is 1.79. The standard InChI is InChI=1S/C14H14N4O/c1-10-9-13(18-14(16-2)17-10)19-12-5-3-11(4-6-12)7-8-15/h3-6,9H,7H2,1-2H3,(H,16,17,18). The molecule has 0 atom stereocenters. The van der Waals surface area contributed by atoms with E-state index in [1.54, 1.807) is 13.1 Å². The maximum Gasteiger partial charge on any atom is 0.225 e. The molecule has 0 saturated carbocycles. The van der Waals surface area contributed by atoms with Crippen LogP contribution >= 0.6 is 0 Å². The van der Waals surface area contributed by atoms with Gasteiger partial charge in [0.1, 0.15) is 5.75 Å². The van der Waals surface area contributed by atoms with Gasteiger partial charge in [0, 0.05) is 18.8 Å². The van der Waals surface area contributed by atoms with Gasteiger partial charge in [-0.2, -0.15) is 10.2 Å². The number of ether oxygens (including phenoxy) is 1. The number of rotatable bonds is 4. The van der Waals surface area contributed by atoms with Gasteiger partial charge in [0.05, 0.1) is 12.5 Å². The van der Waals surface area contributed by atoms with Crippen LogP contribution in [0.25, 0.3) is 0 Å². The first-order valence-corrected chi connectivity index (χ1v) is 5.88. The van der Waals surface area contributed by atoms with Crippen molar-refractivity contribution in [3.05, 3.63) is 41.6 Å².